The summed E-state index contributed by atoms with van der Waals surface area (Å²) in [7, 11) is 0. The van der Waals surface area contributed by atoms with Gasteiger partial charge in [-0.05, 0) is 24.5 Å². The van der Waals surface area contributed by atoms with Gasteiger partial charge in [0.15, 0.2) is 0 Å². The van der Waals surface area contributed by atoms with Gasteiger partial charge in [0, 0.05) is 0 Å². The van der Waals surface area contributed by atoms with Crippen LogP contribution in [-0.2, 0) is 0 Å². The standard InChI is InChI=1S/C10H12/c1-3-6-10-8-5-7-9(10)4-2/h3-7H,1,8H2,2H3/b9-4-,10-6-. The van der Waals surface area contributed by atoms with Gasteiger partial charge >= 0.3 is 0 Å². The maximum absolute atomic E-state index is 3.66. The normalized spacial score (nSPS) is 24.5. The minimum absolute atomic E-state index is 1.06. The summed E-state index contributed by atoms with van der Waals surface area (Å²) in [5.41, 5.74) is 2.71. The fraction of sp³-hybridized carbons (Fsp3) is 0.200. The summed E-state index contributed by atoms with van der Waals surface area (Å²) < 4.78 is 0. The van der Waals surface area contributed by atoms with E-state index in [0.29, 0.717) is 0 Å². The van der Waals surface area contributed by atoms with Crippen LogP contribution < -0.4 is 0 Å². The van der Waals surface area contributed by atoms with E-state index in [-0.39, 0.29) is 0 Å². The van der Waals surface area contributed by atoms with Crippen LogP contribution in [0.1, 0.15) is 13.3 Å². The number of hydrogen-bond acceptors (Lipinski definition) is 0. The first-order chi connectivity index (χ1) is 4.88. The van der Waals surface area contributed by atoms with E-state index in [2.05, 4.69) is 37.8 Å². The van der Waals surface area contributed by atoms with Crippen molar-refractivity contribution in [3.8, 4) is 0 Å². The van der Waals surface area contributed by atoms with E-state index in [1.54, 1.807) is 0 Å². The van der Waals surface area contributed by atoms with Gasteiger partial charge in [0.2, 0.25) is 0 Å². The summed E-state index contributed by atoms with van der Waals surface area (Å²) in [5.74, 6) is 0. The Balaban J connectivity index is 2.84. The SMILES string of the molecule is C=C/C=C1/CC=C/C1=C/C. The zero-order valence-corrected chi connectivity index (χ0v) is 6.30. The van der Waals surface area contributed by atoms with Gasteiger partial charge in [-0.2, -0.15) is 0 Å². The monoisotopic (exact) mass is 132 g/mol. The maximum atomic E-state index is 3.66. The topological polar surface area (TPSA) is 0 Å². The lowest BCUT2D eigenvalue weighted by atomic mass is 10.1. The molecule has 1 aliphatic rings. The first kappa shape index (κ1) is 7.07. The highest BCUT2D eigenvalue weighted by molar-refractivity contribution is 5.47. The van der Waals surface area contributed by atoms with E-state index in [1.807, 2.05) is 6.08 Å². The molecule has 10 heavy (non-hydrogen) atoms. The van der Waals surface area contributed by atoms with Crippen LogP contribution in [0.4, 0.5) is 0 Å². The Morgan fingerprint density at radius 2 is 2.40 bits per heavy atom. The molecule has 0 fully saturated rings. The molecule has 0 nitrogen and oxygen atoms in total. The van der Waals surface area contributed by atoms with Gasteiger partial charge in [0.1, 0.15) is 0 Å². The van der Waals surface area contributed by atoms with E-state index in [9.17, 15) is 0 Å². The molecule has 0 saturated heterocycles. The molecule has 0 aromatic heterocycles. The Bertz CT molecular complexity index is 214. The van der Waals surface area contributed by atoms with Crippen LogP contribution in [-0.4, -0.2) is 0 Å². The Labute approximate surface area is 62.3 Å². The van der Waals surface area contributed by atoms with Gasteiger partial charge in [-0.25, -0.2) is 0 Å². The van der Waals surface area contributed by atoms with Crippen LogP contribution >= 0.6 is 0 Å². The molecule has 0 aliphatic heterocycles. The summed E-state index contributed by atoms with van der Waals surface area (Å²) in [6, 6.07) is 0. The average molecular weight is 132 g/mol. The van der Waals surface area contributed by atoms with Crippen molar-refractivity contribution in [1.82, 2.24) is 0 Å². The largest absolute Gasteiger partial charge is 0.0991 e. The molecular weight excluding hydrogens is 120 g/mol. The van der Waals surface area contributed by atoms with E-state index in [4.69, 9.17) is 0 Å². The van der Waals surface area contributed by atoms with Crippen molar-refractivity contribution in [2.45, 2.75) is 13.3 Å². The highest BCUT2D eigenvalue weighted by Gasteiger charge is 2.03. The van der Waals surface area contributed by atoms with Gasteiger partial charge in [0.05, 0.1) is 0 Å². The number of rotatable bonds is 1. The average Bonchev–Trinajstić information content (AvgIpc) is 2.36. The molecule has 0 saturated carbocycles. The molecule has 0 atom stereocenters. The highest BCUT2D eigenvalue weighted by atomic mass is 14.1. The van der Waals surface area contributed by atoms with Crippen LogP contribution in [0.25, 0.3) is 0 Å². The lowest BCUT2D eigenvalue weighted by Gasteiger charge is -1.95. The molecule has 1 rings (SSSR count). The van der Waals surface area contributed by atoms with Gasteiger partial charge in [-0.3, -0.25) is 0 Å². The molecule has 0 aromatic rings. The van der Waals surface area contributed by atoms with Crippen molar-refractivity contribution < 1.29 is 0 Å². The first-order valence-electron chi connectivity index (χ1n) is 3.53. The molecule has 0 heteroatoms. The molecule has 0 radical (unpaired) electrons. The zero-order chi connectivity index (χ0) is 7.40. The minimum Gasteiger partial charge on any atom is -0.0991 e. The van der Waals surface area contributed by atoms with Crippen LogP contribution in [0.5, 0.6) is 0 Å². The third kappa shape index (κ3) is 1.27. The number of hydrogen-bond donors (Lipinski definition) is 0. The van der Waals surface area contributed by atoms with Gasteiger partial charge in [0.25, 0.3) is 0 Å². The van der Waals surface area contributed by atoms with Crippen LogP contribution in [0.2, 0.25) is 0 Å². The summed E-state index contributed by atoms with van der Waals surface area (Å²) >= 11 is 0. The second kappa shape index (κ2) is 3.21. The van der Waals surface area contributed by atoms with Crippen molar-refractivity contribution in [2.75, 3.05) is 0 Å². The van der Waals surface area contributed by atoms with Crippen molar-refractivity contribution in [2.24, 2.45) is 0 Å². The van der Waals surface area contributed by atoms with Crippen LogP contribution in [0.3, 0.4) is 0 Å². The molecule has 1 aliphatic carbocycles. The predicted octanol–water partition coefficient (Wildman–Crippen LogP) is 3.01. The molecule has 0 aromatic carbocycles. The summed E-state index contributed by atoms with van der Waals surface area (Å²) in [6.07, 6.45) is 11.4. The van der Waals surface area contributed by atoms with E-state index in [1.165, 1.54) is 11.1 Å². The Morgan fingerprint density at radius 3 is 3.00 bits per heavy atom. The lowest BCUT2D eigenvalue weighted by Crippen LogP contribution is -1.75. The van der Waals surface area contributed by atoms with E-state index in [0.717, 1.165) is 6.42 Å². The smallest absolute Gasteiger partial charge is 0.00883 e. The van der Waals surface area contributed by atoms with E-state index >= 15 is 0 Å². The zero-order valence-electron chi connectivity index (χ0n) is 6.30. The molecule has 0 unspecified atom stereocenters. The molecule has 0 N–H and O–H groups in total. The van der Waals surface area contributed by atoms with Crippen molar-refractivity contribution in [3.63, 3.8) is 0 Å². The van der Waals surface area contributed by atoms with Crippen molar-refractivity contribution in [1.29, 1.82) is 0 Å². The third-order valence-electron chi connectivity index (χ3n) is 1.64. The fourth-order valence-electron chi connectivity index (χ4n) is 1.13. The quantitative estimate of drug-likeness (QED) is 0.514. The molecule has 0 bridgehead atoms. The molecule has 0 amide bonds. The van der Waals surface area contributed by atoms with Crippen LogP contribution in [0, 0.1) is 0 Å². The minimum atomic E-state index is 1.06. The second-order valence-electron chi connectivity index (χ2n) is 2.28. The molecular formula is C10H12. The lowest BCUT2D eigenvalue weighted by molar-refractivity contribution is 1.31. The molecule has 0 heterocycles. The summed E-state index contributed by atoms with van der Waals surface area (Å²) in [6.45, 7) is 5.72. The van der Waals surface area contributed by atoms with Gasteiger partial charge in [-0.1, -0.05) is 37.0 Å². The Hall–Kier alpha value is -1.04. The first-order valence-corrected chi connectivity index (χ1v) is 3.53. The Kier molecular flexibility index (Phi) is 2.27. The molecule has 0 spiro atoms. The predicted molar refractivity (Wildman–Crippen MR) is 45.8 cm³/mol. The fourth-order valence-corrected chi connectivity index (χ4v) is 1.13. The second-order valence-corrected chi connectivity index (χ2v) is 2.28. The maximum Gasteiger partial charge on any atom is -0.00883 e. The van der Waals surface area contributed by atoms with E-state index < -0.39 is 0 Å². The highest BCUT2D eigenvalue weighted by Crippen LogP contribution is 2.22. The summed E-state index contributed by atoms with van der Waals surface area (Å²) in [4.78, 5) is 0. The summed E-state index contributed by atoms with van der Waals surface area (Å²) in [5, 5.41) is 0. The van der Waals surface area contributed by atoms with Crippen molar-refractivity contribution >= 4 is 0 Å². The van der Waals surface area contributed by atoms with Gasteiger partial charge < -0.3 is 0 Å². The Morgan fingerprint density at radius 1 is 1.60 bits per heavy atom. The third-order valence-corrected chi connectivity index (χ3v) is 1.64. The molecule has 52 valence electrons. The number of allylic oxidation sites excluding steroid dienone is 7. The van der Waals surface area contributed by atoms with Crippen molar-refractivity contribution in [3.05, 3.63) is 48.1 Å². The van der Waals surface area contributed by atoms with Gasteiger partial charge in [-0.15, -0.1) is 0 Å². The van der Waals surface area contributed by atoms with Crippen LogP contribution in [0.15, 0.2) is 48.1 Å².